The molecule has 1 aliphatic rings. The van der Waals surface area contributed by atoms with E-state index in [2.05, 4.69) is 11.6 Å². The molecule has 0 aromatic carbocycles. The molecule has 0 spiro atoms. The van der Waals surface area contributed by atoms with Crippen molar-refractivity contribution in [3.63, 3.8) is 0 Å². The molecule has 8 heavy (non-hydrogen) atoms. The molecule has 0 amide bonds. The maximum atomic E-state index is 12.2. The van der Waals surface area contributed by atoms with E-state index in [1.807, 2.05) is 0 Å². The molecule has 0 aromatic rings. The quantitative estimate of drug-likeness (QED) is 0.452. The molecule has 1 heterocycles. The standard InChI is InChI=1S/C6H6FN/c1-4-5(2)8-3-6(4)7/h3H,1H2,2H3. The molecule has 0 saturated heterocycles. The summed E-state index contributed by atoms with van der Waals surface area (Å²) in [6.45, 7) is 5.17. The number of rotatable bonds is 0. The van der Waals surface area contributed by atoms with Gasteiger partial charge in [-0.1, -0.05) is 6.58 Å². The Labute approximate surface area is 47.2 Å². The number of aliphatic imine (C=N–C) groups is 1. The minimum Gasteiger partial charge on any atom is -0.258 e. The van der Waals surface area contributed by atoms with Crippen LogP contribution < -0.4 is 0 Å². The second-order valence-corrected chi connectivity index (χ2v) is 1.67. The summed E-state index contributed by atoms with van der Waals surface area (Å²) >= 11 is 0. The monoisotopic (exact) mass is 111 g/mol. The largest absolute Gasteiger partial charge is 0.258 e. The lowest BCUT2D eigenvalue weighted by Gasteiger charge is -1.88. The molecule has 0 aliphatic carbocycles. The third-order valence-corrected chi connectivity index (χ3v) is 1.10. The van der Waals surface area contributed by atoms with Crippen LogP contribution in [0.2, 0.25) is 0 Å². The van der Waals surface area contributed by atoms with Gasteiger partial charge in [0.25, 0.3) is 0 Å². The van der Waals surface area contributed by atoms with E-state index in [0.29, 0.717) is 11.3 Å². The Morgan fingerprint density at radius 2 is 2.38 bits per heavy atom. The lowest BCUT2D eigenvalue weighted by atomic mass is 10.2. The summed E-state index contributed by atoms with van der Waals surface area (Å²) in [7, 11) is 0. The molecule has 0 N–H and O–H groups in total. The summed E-state index contributed by atoms with van der Waals surface area (Å²) < 4.78 is 12.2. The van der Waals surface area contributed by atoms with E-state index in [1.165, 1.54) is 6.20 Å². The summed E-state index contributed by atoms with van der Waals surface area (Å²) in [5, 5.41) is 0. The molecule has 0 unspecified atom stereocenters. The molecule has 2 heteroatoms. The highest BCUT2D eigenvalue weighted by molar-refractivity contribution is 6.03. The summed E-state index contributed by atoms with van der Waals surface area (Å²) in [6, 6.07) is 0. The van der Waals surface area contributed by atoms with Crippen LogP contribution in [0.5, 0.6) is 0 Å². The van der Waals surface area contributed by atoms with Crippen LogP contribution in [-0.2, 0) is 0 Å². The van der Waals surface area contributed by atoms with Crippen molar-refractivity contribution < 1.29 is 4.39 Å². The van der Waals surface area contributed by atoms with Gasteiger partial charge in [0.1, 0.15) is 5.83 Å². The van der Waals surface area contributed by atoms with Gasteiger partial charge in [-0.3, -0.25) is 4.99 Å². The molecule has 1 aliphatic heterocycles. The Bertz CT molecular complexity index is 169. The van der Waals surface area contributed by atoms with Crippen LogP contribution in [0.1, 0.15) is 6.92 Å². The second-order valence-electron chi connectivity index (χ2n) is 1.67. The number of hydrogen-bond acceptors (Lipinski definition) is 1. The van der Waals surface area contributed by atoms with E-state index in [0.717, 1.165) is 0 Å². The first-order valence-corrected chi connectivity index (χ1v) is 2.31. The third-order valence-electron chi connectivity index (χ3n) is 1.10. The Morgan fingerprint density at radius 3 is 2.50 bits per heavy atom. The normalized spacial score (nSPS) is 18.5. The lowest BCUT2D eigenvalue weighted by molar-refractivity contribution is 0.662. The van der Waals surface area contributed by atoms with E-state index < -0.39 is 0 Å². The highest BCUT2D eigenvalue weighted by Crippen LogP contribution is 2.16. The van der Waals surface area contributed by atoms with Crippen molar-refractivity contribution in [3.05, 3.63) is 24.2 Å². The van der Waals surface area contributed by atoms with E-state index in [4.69, 9.17) is 0 Å². The van der Waals surface area contributed by atoms with Crippen molar-refractivity contribution in [1.29, 1.82) is 0 Å². The summed E-state index contributed by atoms with van der Waals surface area (Å²) in [6.07, 6.45) is 1.18. The average Bonchev–Trinajstić information content (AvgIpc) is 1.98. The van der Waals surface area contributed by atoms with Crippen LogP contribution in [0.25, 0.3) is 0 Å². The fourth-order valence-corrected chi connectivity index (χ4v) is 0.482. The molecule has 1 nitrogen and oxygen atoms in total. The average molecular weight is 111 g/mol. The Hall–Kier alpha value is -0.920. The van der Waals surface area contributed by atoms with Gasteiger partial charge in [-0.2, -0.15) is 0 Å². The molecule has 0 fully saturated rings. The highest BCUT2D eigenvalue weighted by atomic mass is 19.1. The van der Waals surface area contributed by atoms with Gasteiger partial charge >= 0.3 is 0 Å². The van der Waals surface area contributed by atoms with Crippen molar-refractivity contribution in [1.82, 2.24) is 0 Å². The van der Waals surface area contributed by atoms with Crippen LogP contribution in [0.3, 0.4) is 0 Å². The molecular weight excluding hydrogens is 105 g/mol. The molecule has 0 bridgehead atoms. The third kappa shape index (κ3) is 0.579. The molecular formula is C6H6FN. The predicted molar refractivity (Wildman–Crippen MR) is 31.4 cm³/mol. The lowest BCUT2D eigenvalue weighted by Crippen LogP contribution is -1.88. The van der Waals surface area contributed by atoms with E-state index in [-0.39, 0.29) is 5.83 Å². The highest BCUT2D eigenvalue weighted by Gasteiger charge is 2.08. The SMILES string of the molecule is C=C1C(F)=CN=C1C. The zero-order chi connectivity index (χ0) is 6.15. The number of allylic oxidation sites excluding steroid dienone is 2. The van der Waals surface area contributed by atoms with Gasteiger partial charge < -0.3 is 0 Å². The summed E-state index contributed by atoms with van der Waals surface area (Å²) in [5.41, 5.74) is 1.08. The Kier molecular flexibility index (Phi) is 1.01. The molecule has 1 rings (SSSR count). The predicted octanol–water partition coefficient (Wildman–Crippen LogP) is 1.83. The maximum Gasteiger partial charge on any atom is 0.149 e. The summed E-state index contributed by atoms with van der Waals surface area (Å²) in [4.78, 5) is 3.68. The maximum absolute atomic E-state index is 12.2. The molecule has 0 saturated carbocycles. The van der Waals surface area contributed by atoms with Gasteiger partial charge in [0.05, 0.1) is 6.20 Å². The van der Waals surface area contributed by atoms with E-state index in [9.17, 15) is 4.39 Å². The fourth-order valence-electron chi connectivity index (χ4n) is 0.482. The molecule has 0 atom stereocenters. The zero-order valence-corrected chi connectivity index (χ0v) is 4.61. The molecule has 0 aromatic heterocycles. The van der Waals surface area contributed by atoms with Crippen LogP contribution in [0, 0.1) is 0 Å². The zero-order valence-electron chi connectivity index (χ0n) is 4.61. The number of hydrogen-bond donors (Lipinski definition) is 0. The summed E-state index contributed by atoms with van der Waals surface area (Å²) in [5.74, 6) is -0.317. The van der Waals surface area contributed by atoms with Crippen LogP contribution in [0.15, 0.2) is 29.2 Å². The fraction of sp³-hybridized carbons (Fsp3) is 0.167. The smallest absolute Gasteiger partial charge is 0.149 e. The minimum absolute atomic E-state index is 0.317. The van der Waals surface area contributed by atoms with E-state index >= 15 is 0 Å². The van der Waals surface area contributed by atoms with Crippen molar-refractivity contribution in [3.8, 4) is 0 Å². The number of halogens is 1. The van der Waals surface area contributed by atoms with Gasteiger partial charge in [0, 0.05) is 11.3 Å². The Morgan fingerprint density at radius 1 is 1.75 bits per heavy atom. The molecule has 42 valence electrons. The van der Waals surface area contributed by atoms with Gasteiger partial charge in [-0.15, -0.1) is 0 Å². The second kappa shape index (κ2) is 1.54. The first kappa shape index (κ1) is 5.22. The van der Waals surface area contributed by atoms with Crippen molar-refractivity contribution in [2.45, 2.75) is 6.92 Å². The first-order chi connectivity index (χ1) is 3.72. The topological polar surface area (TPSA) is 12.4 Å². The van der Waals surface area contributed by atoms with Gasteiger partial charge in [0.15, 0.2) is 0 Å². The van der Waals surface area contributed by atoms with Crippen molar-refractivity contribution in [2.75, 3.05) is 0 Å². The molecule has 0 radical (unpaired) electrons. The van der Waals surface area contributed by atoms with Gasteiger partial charge in [0.2, 0.25) is 0 Å². The van der Waals surface area contributed by atoms with E-state index in [1.54, 1.807) is 6.92 Å². The first-order valence-electron chi connectivity index (χ1n) is 2.31. The van der Waals surface area contributed by atoms with Crippen LogP contribution >= 0.6 is 0 Å². The van der Waals surface area contributed by atoms with Crippen LogP contribution in [-0.4, -0.2) is 5.71 Å². The van der Waals surface area contributed by atoms with Crippen molar-refractivity contribution in [2.24, 2.45) is 4.99 Å². The minimum atomic E-state index is -0.317. The number of nitrogens with zero attached hydrogens (tertiary/aromatic N) is 1. The van der Waals surface area contributed by atoms with Crippen molar-refractivity contribution >= 4 is 5.71 Å². The van der Waals surface area contributed by atoms with Crippen LogP contribution in [0.4, 0.5) is 4.39 Å². The Balaban J connectivity index is 2.92. The van der Waals surface area contributed by atoms with Gasteiger partial charge in [-0.05, 0) is 6.92 Å². The van der Waals surface area contributed by atoms with Gasteiger partial charge in [-0.25, -0.2) is 4.39 Å².